The Morgan fingerprint density at radius 3 is 2.19 bits per heavy atom. The van der Waals surface area contributed by atoms with E-state index in [0.717, 1.165) is 9.37 Å². The van der Waals surface area contributed by atoms with Gasteiger partial charge in [0.1, 0.15) is 12.1 Å². The SMILES string of the molecule is CCN(CC)C(=O)c1ccc(NC(=O)CN2C(=O)N[C@](C)(c3ccc(Br)cc3)C2=O)cc1. The first-order valence-electron chi connectivity index (χ1n) is 10.3. The number of urea groups is 1. The predicted octanol–water partition coefficient (Wildman–Crippen LogP) is 3.34. The average molecular weight is 501 g/mol. The Morgan fingerprint density at radius 1 is 1.03 bits per heavy atom. The summed E-state index contributed by atoms with van der Waals surface area (Å²) < 4.78 is 0.850. The second kappa shape index (κ2) is 9.52. The average Bonchev–Trinajstić information content (AvgIpc) is 2.99. The minimum absolute atomic E-state index is 0.0839. The zero-order valence-corrected chi connectivity index (χ0v) is 19.7. The van der Waals surface area contributed by atoms with E-state index in [-0.39, 0.29) is 5.91 Å². The van der Waals surface area contributed by atoms with Crippen molar-refractivity contribution < 1.29 is 19.2 Å². The van der Waals surface area contributed by atoms with Crippen molar-refractivity contribution in [1.29, 1.82) is 0 Å². The van der Waals surface area contributed by atoms with E-state index >= 15 is 0 Å². The second-order valence-electron chi connectivity index (χ2n) is 7.56. The van der Waals surface area contributed by atoms with Crippen molar-refractivity contribution in [2.24, 2.45) is 0 Å². The van der Waals surface area contributed by atoms with Gasteiger partial charge in [0, 0.05) is 28.8 Å². The summed E-state index contributed by atoms with van der Waals surface area (Å²) in [5.41, 5.74) is 0.361. The maximum Gasteiger partial charge on any atom is 0.325 e. The molecule has 0 aromatic heterocycles. The topological polar surface area (TPSA) is 98.8 Å². The number of anilines is 1. The van der Waals surface area contributed by atoms with Gasteiger partial charge in [-0.2, -0.15) is 0 Å². The zero-order chi connectivity index (χ0) is 23.5. The first-order valence-corrected chi connectivity index (χ1v) is 11.1. The van der Waals surface area contributed by atoms with Crippen molar-refractivity contribution in [3.8, 4) is 0 Å². The van der Waals surface area contributed by atoms with Crippen LogP contribution in [0, 0.1) is 0 Å². The quantitative estimate of drug-likeness (QED) is 0.569. The Hall–Kier alpha value is -3.20. The smallest absolute Gasteiger partial charge is 0.325 e. The van der Waals surface area contributed by atoms with Gasteiger partial charge >= 0.3 is 6.03 Å². The molecule has 3 rings (SSSR count). The van der Waals surface area contributed by atoms with Crippen molar-refractivity contribution in [1.82, 2.24) is 15.1 Å². The lowest BCUT2D eigenvalue weighted by Gasteiger charge is -2.22. The molecule has 2 aromatic rings. The lowest BCUT2D eigenvalue weighted by atomic mass is 9.92. The highest BCUT2D eigenvalue weighted by atomic mass is 79.9. The molecule has 9 heteroatoms. The van der Waals surface area contributed by atoms with Crippen LogP contribution in [0.1, 0.15) is 36.7 Å². The molecule has 2 N–H and O–H groups in total. The van der Waals surface area contributed by atoms with Crippen molar-refractivity contribution in [2.45, 2.75) is 26.3 Å². The summed E-state index contributed by atoms with van der Waals surface area (Å²) >= 11 is 3.34. The van der Waals surface area contributed by atoms with Crippen LogP contribution in [0.3, 0.4) is 0 Å². The molecular formula is C23H25BrN4O4. The van der Waals surface area contributed by atoms with Crippen LogP contribution in [-0.4, -0.2) is 53.2 Å². The standard InChI is InChI=1S/C23H25BrN4O4/c1-4-27(5-2)20(30)15-6-12-18(13-7-15)25-19(29)14-28-21(31)23(3,26-22(28)32)16-8-10-17(24)11-9-16/h6-13H,4-5,14H2,1-3H3,(H,25,29)(H,26,32)/t23-/m1/s1. The molecule has 168 valence electrons. The molecule has 1 aliphatic rings. The van der Waals surface area contributed by atoms with Crippen LogP contribution >= 0.6 is 15.9 Å². The Bertz CT molecular complexity index is 1030. The molecule has 32 heavy (non-hydrogen) atoms. The van der Waals surface area contributed by atoms with E-state index in [0.29, 0.717) is 29.9 Å². The molecule has 1 fully saturated rings. The van der Waals surface area contributed by atoms with Gasteiger partial charge < -0.3 is 15.5 Å². The van der Waals surface area contributed by atoms with E-state index in [2.05, 4.69) is 26.6 Å². The maximum atomic E-state index is 13.0. The van der Waals surface area contributed by atoms with E-state index in [4.69, 9.17) is 0 Å². The normalized spacial score (nSPS) is 17.8. The van der Waals surface area contributed by atoms with E-state index in [1.54, 1.807) is 60.4 Å². The van der Waals surface area contributed by atoms with E-state index in [1.165, 1.54) is 0 Å². The number of hydrogen-bond acceptors (Lipinski definition) is 4. The summed E-state index contributed by atoms with van der Waals surface area (Å²) in [6.07, 6.45) is 0. The Morgan fingerprint density at radius 2 is 1.62 bits per heavy atom. The first-order chi connectivity index (χ1) is 15.2. The molecule has 5 amide bonds. The molecule has 0 aliphatic carbocycles. The maximum absolute atomic E-state index is 13.0. The third-order valence-corrected chi connectivity index (χ3v) is 5.99. The lowest BCUT2D eigenvalue weighted by Crippen LogP contribution is -2.42. The number of carbonyl (C=O) groups excluding carboxylic acids is 4. The molecular weight excluding hydrogens is 476 g/mol. The molecule has 1 saturated heterocycles. The molecule has 8 nitrogen and oxygen atoms in total. The van der Waals surface area contributed by atoms with Gasteiger partial charge in [-0.15, -0.1) is 0 Å². The van der Waals surface area contributed by atoms with Crippen LogP contribution in [0.25, 0.3) is 0 Å². The summed E-state index contributed by atoms with van der Waals surface area (Å²) in [6.45, 7) is 6.23. The van der Waals surface area contributed by atoms with Gasteiger partial charge in [-0.1, -0.05) is 28.1 Å². The van der Waals surface area contributed by atoms with E-state index < -0.39 is 29.9 Å². The van der Waals surface area contributed by atoms with Gasteiger partial charge in [-0.3, -0.25) is 19.3 Å². The highest BCUT2D eigenvalue weighted by Crippen LogP contribution is 2.29. The minimum atomic E-state index is -1.25. The fourth-order valence-electron chi connectivity index (χ4n) is 3.55. The number of rotatable bonds is 7. The molecule has 0 saturated carbocycles. The molecule has 0 spiro atoms. The zero-order valence-electron chi connectivity index (χ0n) is 18.1. The molecule has 1 heterocycles. The number of benzene rings is 2. The molecule has 1 aliphatic heterocycles. The van der Waals surface area contributed by atoms with Crippen molar-refractivity contribution in [3.63, 3.8) is 0 Å². The number of nitrogens with zero attached hydrogens (tertiary/aromatic N) is 2. The van der Waals surface area contributed by atoms with Gasteiger partial charge in [0.05, 0.1) is 0 Å². The molecule has 0 bridgehead atoms. The number of imide groups is 1. The number of nitrogens with one attached hydrogen (secondary N) is 2. The van der Waals surface area contributed by atoms with Crippen LogP contribution in [0.4, 0.5) is 10.5 Å². The van der Waals surface area contributed by atoms with Crippen LogP contribution < -0.4 is 10.6 Å². The fraction of sp³-hybridized carbons (Fsp3) is 0.304. The second-order valence-corrected chi connectivity index (χ2v) is 8.47. The highest BCUT2D eigenvalue weighted by molar-refractivity contribution is 9.10. The summed E-state index contributed by atoms with van der Waals surface area (Å²) in [6, 6.07) is 12.9. The molecule has 2 aromatic carbocycles. The van der Waals surface area contributed by atoms with Crippen molar-refractivity contribution in [3.05, 3.63) is 64.1 Å². The Balaban J connectivity index is 1.66. The number of halogens is 1. The van der Waals surface area contributed by atoms with Crippen molar-refractivity contribution in [2.75, 3.05) is 25.0 Å². The minimum Gasteiger partial charge on any atom is -0.339 e. The summed E-state index contributed by atoms with van der Waals surface area (Å²) in [7, 11) is 0. The Kier molecular flexibility index (Phi) is 6.98. The lowest BCUT2D eigenvalue weighted by molar-refractivity contribution is -0.133. The third kappa shape index (κ3) is 4.67. The van der Waals surface area contributed by atoms with Gasteiger partial charge in [0.25, 0.3) is 11.8 Å². The van der Waals surface area contributed by atoms with Gasteiger partial charge in [-0.05, 0) is 62.7 Å². The van der Waals surface area contributed by atoms with E-state index in [1.807, 2.05) is 13.8 Å². The third-order valence-electron chi connectivity index (χ3n) is 5.46. The van der Waals surface area contributed by atoms with Crippen LogP contribution in [-0.2, 0) is 15.1 Å². The Labute approximate surface area is 195 Å². The van der Waals surface area contributed by atoms with Crippen LogP contribution in [0.15, 0.2) is 53.0 Å². The first kappa shape index (κ1) is 23.5. The van der Waals surface area contributed by atoms with Gasteiger partial charge in [0.2, 0.25) is 5.91 Å². The van der Waals surface area contributed by atoms with Crippen molar-refractivity contribution >= 4 is 45.4 Å². The number of hydrogen-bond donors (Lipinski definition) is 2. The number of amides is 5. The largest absolute Gasteiger partial charge is 0.339 e. The highest BCUT2D eigenvalue weighted by Gasteiger charge is 2.49. The molecule has 0 radical (unpaired) electrons. The van der Waals surface area contributed by atoms with Crippen LogP contribution in [0.2, 0.25) is 0 Å². The van der Waals surface area contributed by atoms with Gasteiger partial charge in [-0.25, -0.2) is 4.79 Å². The summed E-state index contributed by atoms with van der Waals surface area (Å²) in [5, 5.41) is 5.34. The summed E-state index contributed by atoms with van der Waals surface area (Å²) in [4.78, 5) is 52.9. The van der Waals surface area contributed by atoms with E-state index in [9.17, 15) is 19.2 Å². The predicted molar refractivity (Wildman–Crippen MR) is 124 cm³/mol. The van der Waals surface area contributed by atoms with Gasteiger partial charge in [0.15, 0.2) is 0 Å². The molecule has 0 unspecified atom stereocenters. The van der Waals surface area contributed by atoms with Crippen LogP contribution in [0.5, 0.6) is 0 Å². The number of carbonyl (C=O) groups is 4. The molecule has 1 atom stereocenters. The summed E-state index contributed by atoms with van der Waals surface area (Å²) in [5.74, 6) is -1.10. The fourth-order valence-corrected chi connectivity index (χ4v) is 3.82. The monoisotopic (exact) mass is 500 g/mol.